The SMILES string of the molecule is CN(c1cnc(-c2ccc(-c3cnn(C)c3Cl)cc2O)cn1)C1CC(C)(C)NC(C)(C)C1. The van der Waals surface area contributed by atoms with Crippen molar-refractivity contribution in [2.75, 3.05) is 11.9 Å². The van der Waals surface area contributed by atoms with Crippen molar-refractivity contribution >= 4 is 17.4 Å². The summed E-state index contributed by atoms with van der Waals surface area (Å²) >= 11 is 6.29. The van der Waals surface area contributed by atoms with Crippen LogP contribution >= 0.6 is 11.6 Å². The van der Waals surface area contributed by atoms with E-state index in [1.54, 1.807) is 36.4 Å². The Balaban J connectivity index is 1.55. The molecule has 32 heavy (non-hydrogen) atoms. The van der Waals surface area contributed by atoms with E-state index in [9.17, 15) is 5.11 Å². The van der Waals surface area contributed by atoms with Gasteiger partial charge in [0.05, 0.1) is 24.3 Å². The number of halogens is 1. The third-order valence-electron chi connectivity index (χ3n) is 6.17. The maximum atomic E-state index is 10.6. The van der Waals surface area contributed by atoms with Crippen LogP contribution in [0.15, 0.2) is 36.8 Å². The predicted octanol–water partition coefficient (Wildman–Crippen LogP) is 4.65. The van der Waals surface area contributed by atoms with Gasteiger partial charge >= 0.3 is 0 Å². The molecule has 0 unspecified atom stereocenters. The normalized spacial score (nSPS) is 18.0. The monoisotopic (exact) mass is 454 g/mol. The molecular weight excluding hydrogens is 424 g/mol. The van der Waals surface area contributed by atoms with Crippen LogP contribution < -0.4 is 10.2 Å². The van der Waals surface area contributed by atoms with Crippen LogP contribution in [0.4, 0.5) is 5.82 Å². The number of aromatic nitrogens is 4. The van der Waals surface area contributed by atoms with E-state index in [2.05, 4.69) is 60.0 Å². The summed E-state index contributed by atoms with van der Waals surface area (Å²) in [6, 6.07) is 5.77. The minimum Gasteiger partial charge on any atom is -0.507 e. The van der Waals surface area contributed by atoms with Gasteiger partial charge in [-0.05, 0) is 58.2 Å². The fourth-order valence-corrected chi connectivity index (χ4v) is 5.11. The number of benzene rings is 1. The van der Waals surface area contributed by atoms with Crippen molar-refractivity contribution in [3.63, 3.8) is 0 Å². The molecule has 0 amide bonds. The van der Waals surface area contributed by atoms with E-state index < -0.39 is 0 Å². The predicted molar refractivity (Wildman–Crippen MR) is 129 cm³/mol. The molecule has 1 aromatic carbocycles. The standard InChI is InChI=1S/C24H31ClN6O/c1-23(2)10-16(11-24(3,4)29-23)30(5)21-14-26-19(13-27-21)17-8-7-15(9-20(17)32)18-12-28-31(6)22(18)25/h7-9,12-14,16,29,32H,10-11H2,1-6H3. The van der Waals surface area contributed by atoms with Crippen molar-refractivity contribution in [3.8, 4) is 28.1 Å². The van der Waals surface area contributed by atoms with Gasteiger partial charge < -0.3 is 15.3 Å². The summed E-state index contributed by atoms with van der Waals surface area (Å²) < 4.78 is 1.59. The largest absolute Gasteiger partial charge is 0.507 e. The fraction of sp³-hybridized carbons (Fsp3) is 0.458. The van der Waals surface area contributed by atoms with Crippen LogP contribution in [-0.2, 0) is 7.05 Å². The van der Waals surface area contributed by atoms with Crippen LogP contribution in [0, 0.1) is 0 Å². The highest BCUT2D eigenvalue weighted by Gasteiger charge is 2.39. The minimum absolute atomic E-state index is 0.0543. The zero-order valence-electron chi connectivity index (χ0n) is 19.5. The van der Waals surface area contributed by atoms with Crippen molar-refractivity contribution < 1.29 is 5.11 Å². The van der Waals surface area contributed by atoms with E-state index in [1.165, 1.54) is 0 Å². The maximum absolute atomic E-state index is 10.6. The van der Waals surface area contributed by atoms with Crippen molar-refractivity contribution in [1.29, 1.82) is 0 Å². The molecule has 4 rings (SSSR count). The van der Waals surface area contributed by atoms with Crippen LogP contribution in [-0.4, -0.2) is 49.0 Å². The lowest BCUT2D eigenvalue weighted by Gasteiger charge is -2.49. The van der Waals surface area contributed by atoms with Gasteiger partial charge in [0.1, 0.15) is 16.7 Å². The molecule has 1 aliphatic rings. The van der Waals surface area contributed by atoms with E-state index in [0.29, 0.717) is 22.5 Å². The number of nitrogens with one attached hydrogen (secondary N) is 1. The van der Waals surface area contributed by atoms with E-state index in [0.717, 1.165) is 29.8 Å². The quantitative estimate of drug-likeness (QED) is 0.597. The molecule has 0 atom stereocenters. The molecule has 0 radical (unpaired) electrons. The molecule has 7 nitrogen and oxygen atoms in total. The average molecular weight is 455 g/mol. The molecule has 1 fully saturated rings. The van der Waals surface area contributed by atoms with E-state index >= 15 is 0 Å². The number of nitrogens with zero attached hydrogens (tertiary/aromatic N) is 5. The first-order valence-electron chi connectivity index (χ1n) is 10.8. The molecule has 1 aliphatic heterocycles. The van der Waals surface area contributed by atoms with Crippen LogP contribution in [0.1, 0.15) is 40.5 Å². The molecule has 3 heterocycles. The zero-order chi connectivity index (χ0) is 23.3. The Labute approximate surface area is 194 Å². The summed E-state index contributed by atoms with van der Waals surface area (Å²) in [6.07, 6.45) is 7.23. The van der Waals surface area contributed by atoms with E-state index in [1.807, 2.05) is 12.1 Å². The molecule has 2 aromatic heterocycles. The molecular formula is C24H31ClN6O. The molecule has 0 aliphatic carbocycles. The zero-order valence-corrected chi connectivity index (χ0v) is 20.3. The first-order chi connectivity index (χ1) is 15.0. The molecule has 0 spiro atoms. The second-order valence-corrected chi connectivity index (χ2v) is 10.4. The number of anilines is 1. The smallest absolute Gasteiger partial charge is 0.147 e. The summed E-state index contributed by atoms with van der Waals surface area (Å²) in [7, 11) is 3.86. The third-order valence-corrected chi connectivity index (χ3v) is 6.62. The molecule has 2 N–H and O–H groups in total. The summed E-state index contributed by atoms with van der Waals surface area (Å²) in [5, 5.41) is 19.0. The number of aromatic hydroxyl groups is 1. The summed E-state index contributed by atoms with van der Waals surface area (Å²) in [6.45, 7) is 8.98. The Kier molecular flexibility index (Phi) is 5.67. The first kappa shape index (κ1) is 22.6. The van der Waals surface area contributed by atoms with Gasteiger partial charge in [0.2, 0.25) is 0 Å². The average Bonchev–Trinajstić information content (AvgIpc) is 3.04. The Morgan fingerprint density at radius 2 is 1.75 bits per heavy atom. The first-order valence-corrected chi connectivity index (χ1v) is 11.2. The molecule has 0 bridgehead atoms. The highest BCUT2D eigenvalue weighted by molar-refractivity contribution is 6.32. The molecule has 0 saturated carbocycles. The van der Waals surface area contributed by atoms with Gasteiger partial charge in [-0.3, -0.25) is 9.67 Å². The topological polar surface area (TPSA) is 79.1 Å². The van der Waals surface area contributed by atoms with Crippen LogP contribution in [0.5, 0.6) is 5.75 Å². The lowest BCUT2D eigenvalue weighted by molar-refractivity contribution is 0.160. The number of aryl methyl sites for hydroxylation is 1. The van der Waals surface area contributed by atoms with Crippen molar-refractivity contribution in [2.24, 2.45) is 7.05 Å². The Hall–Kier alpha value is -2.64. The molecule has 170 valence electrons. The van der Waals surface area contributed by atoms with Gasteiger partial charge in [0.25, 0.3) is 0 Å². The van der Waals surface area contributed by atoms with Crippen molar-refractivity contribution in [3.05, 3.63) is 41.9 Å². The van der Waals surface area contributed by atoms with Gasteiger partial charge in [-0.1, -0.05) is 17.7 Å². The number of phenolic OH excluding ortho intramolecular Hbond substituents is 1. The number of phenols is 1. The summed E-state index contributed by atoms with van der Waals surface area (Å²) in [5.41, 5.74) is 2.92. The van der Waals surface area contributed by atoms with Gasteiger partial charge in [-0.2, -0.15) is 5.10 Å². The lowest BCUT2D eigenvalue weighted by Crippen LogP contribution is -2.62. The number of piperidine rings is 1. The van der Waals surface area contributed by atoms with Gasteiger partial charge in [-0.15, -0.1) is 0 Å². The Bertz CT molecular complexity index is 1110. The second kappa shape index (κ2) is 8.05. The Morgan fingerprint density at radius 3 is 2.28 bits per heavy atom. The van der Waals surface area contributed by atoms with Crippen molar-refractivity contribution in [1.82, 2.24) is 25.1 Å². The van der Waals surface area contributed by atoms with Gasteiger partial charge in [-0.25, -0.2) is 4.98 Å². The molecule has 3 aromatic rings. The van der Waals surface area contributed by atoms with Gasteiger partial charge in [0, 0.05) is 42.3 Å². The summed E-state index contributed by atoms with van der Waals surface area (Å²) in [4.78, 5) is 11.5. The van der Waals surface area contributed by atoms with E-state index in [4.69, 9.17) is 11.6 Å². The van der Waals surface area contributed by atoms with Gasteiger partial charge in [0.15, 0.2) is 0 Å². The van der Waals surface area contributed by atoms with E-state index in [-0.39, 0.29) is 16.8 Å². The highest BCUT2D eigenvalue weighted by Crippen LogP contribution is 2.36. The highest BCUT2D eigenvalue weighted by atomic mass is 35.5. The third kappa shape index (κ3) is 4.45. The number of rotatable bonds is 4. The second-order valence-electron chi connectivity index (χ2n) is 10.0. The van der Waals surface area contributed by atoms with Crippen LogP contribution in [0.2, 0.25) is 5.15 Å². The number of hydrogen-bond donors (Lipinski definition) is 2. The lowest BCUT2D eigenvalue weighted by atomic mass is 9.79. The van der Waals surface area contributed by atoms with Crippen LogP contribution in [0.3, 0.4) is 0 Å². The minimum atomic E-state index is 0.0543. The summed E-state index contributed by atoms with van der Waals surface area (Å²) in [5.74, 6) is 0.949. The molecule has 8 heteroatoms. The number of hydrogen-bond acceptors (Lipinski definition) is 6. The maximum Gasteiger partial charge on any atom is 0.147 e. The van der Waals surface area contributed by atoms with Crippen molar-refractivity contribution in [2.45, 2.75) is 57.7 Å². The molecule has 1 saturated heterocycles. The fourth-order valence-electron chi connectivity index (χ4n) is 4.90. The van der Waals surface area contributed by atoms with Crippen LogP contribution in [0.25, 0.3) is 22.4 Å². The Morgan fingerprint density at radius 1 is 1.06 bits per heavy atom.